The van der Waals surface area contributed by atoms with Gasteiger partial charge in [-0.25, -0.2) is 0 Å². The molecule has 1 atom stereocenters. The SMILES string of the molecule is CNCC[C@@H](c1ccc(Cl)c(Cl)c1)c1cccc2[nH]ccc12. The quantitative estimate of drug-likeness (QED) is 0.658. The van der Waals surface area contributed by atoms with Gasteiger partial charge in [-0.3, -0.25) is 0 Å². The Labute approximate surface area is 140 Å². The van der Waals surface area contributed by atoms with E-state index >= 15 is 0 Å². The molecule has 3 aromatic rings. The molecule has 22 heavy (non-hydrogen) atoms. The van der Waals surface area contributed by atoms with E-state index < -0.39 is 0 Å². The number of H-pyrrole nitrogens is 1. The first-order chi connectivity index (χ1) is 10.7. The molecule has 0 radical (unpaired) electrons. The molecule has 0 spiro atoms. The number of benzene rings is 2. The van der Waals surface area contributed by atoms with E-state index in [0.717, 1.165) is 18.5 Å². The molecule has 1 aromatic heterocycles. The Morgan fingerprint density at radius 1 is 1.09 bits per heavy atom. The van der Waals surface area contributed by atoms with Crippen LogP contribution < -0.4 is 5.32 Å². The fourth-order valence-corrected chi connectivity index (χ4v) is 3.24. The van der Waals surface area contributed by atoms with Crippen molar-refractivity contribution in [1.29, 1.82) is 0 Å². The summed E-state index contributed by atoms with van der Waals surface area (Å²) in [6.07, 6.45) is 2.98. The van der Waals surface area contributed by atoms with Gasteiger partial charge in [-0.15, -0.1) is 0 Å². The van der Waals surface area contributed by atoms with Gasteiger partial charge in [0.1, 0.15) is 0 Å². The Hall–Kier alpha value is -1.48. The summed E-state index contributed by atoms with van der Waals surface area (Å²) in [5.41, 5.74) is 3.66. The highest BCUT2D eigenvalue weighted by Gasteiger charge is 2.17. The van der Waals surface area contributed by atoms with Gasteiger partial charge in [0.25, 0.3) is 0 Å². The van der Waals surface area contributed by atoms with Crippen LogP contribution in [0.4, 0.5) is 0 Å². The molecule has 114 valence electrons. The molecule has 3 rings (SSSR count). The van der Waals surface area contributed by atoms with Crippen molar-refractivity contribution in [2.24, 2.45) is 0 Å². The van der Waals surface area contributed by atoms with E-state index in [1.54, 1.807) is 0 Å². The van der Waals surface area contributed by atoms with E-state index in [4.69, 9.17) is 23.2 Å². The normalized spacial score (nSPS) is 12.7. The molecule has 0 aliphatic carbocycles. The first-order valence-electron chi connectivity index (χ1n) is 7.36. The fraction of sp³-hybridized carbons (Fsp3) is 0.222. The van der Waals surface area contributed by atoms with Crippen LogP contribution in [0, 0.1) is 0 Å². The van der Waals surface area contributed by atoms with Crippen molar-refractivity contribution in [2.75, 3.05) is 13.6 Å². The summed E-state index contributed by atoms with van der Waals surface area (Å²) in [6, 6.07) is 14.5. The van der Waals surface area contributed by atoms with Gasteiger partial charge in [-0.05, 0) is 55.4 Å². The predicted molar refractivity (Wildman–Crippen MR) is 95.1 cm³/mol. The van der Waals surface area contributed by atoms with E-state index in [0.29, 0.717) is 10.0 Å². The molecular formula is C18H18Cl2N2. The first-order valence-corrected chi connectivity index (χ1v) is 8.12. The Morgan fingerprint density at radius 3 is 2.73 bits per heavy atom. The van der Waals surface area contributed by atoms with Gasteiger partial charge < -0.3 is 10.3 Å². The highest BCUT2D eigenvalue weighted by Crippen LogP contribution is 2.35. The van der Waals surface area contributed by atoms with Crippen molar-refractivity contribution in [2.45, 2.75) is 12.3 Å². The monoisotopic (exact) mass is 332 g/mol. The van der Waals surface area contributed by atoms with Crippen molar-refractivity contribution in [3.63, 3.8) is 0 Å². The lowest BCUT2D eigenvalue weighted by Gasteiger charge is -2.19. The maximum atomic E-state index is 6.22. The van der Waals surface area contributed by atoms with Crippen LogP contribution in [0.25, 0.3) is 10.9 Å². The zero-order valence-electron chi connectivity index (χ0n) is 12.4. The van der Waals surface area contributed by atoms with Crippen LogP contribution >= 0.6 is 23.2 Å². The van der Waals surface area contributed by atoms with Crippen LogP contribution in [0.5, 0.6) is 0 Å². The van der Waals surface area contributed by atoms with Crippen LogP contribution in [0.1, 0.15) is 23.5 Å². The Kier molecular flexibility index (Phi) is 4.72. The number of aromatic nitrogens is 1. The third-order valence-electron chi connectivity index (χ3n) is 4.03. The van der Waals surface area contributed by atoms with Gasteiger partial charge >= 0.3 is 0 Å². The van der Waals surface area contributed by atoms with Crippen LogP contribution in [-0.2, 0) is 0 Å². The summed E-state index contributed by atoms with van der Waals surface area (Å²) in [6.45, 7) is 0.936. The van der Waals surface area contributed by atoms with E-state index in [1.807, 2.05) is 25.4 Å². The lowest BCUT2D eigenvalue weighted by Crippen LogP contribution is -2.13. The van der Waals surface area contributed by atoms with E-state index in [-0.39, 0.29) is 5.92 Å². The molecule has 4 heteroatoms. The third-order valence-corrected chi connectivity index (χ3v) is 4.77. The minimum Gasteiger partial charge on any atom is -0.361 e. The number of aromatic amines is 1. The van der Waals surface area contributed by atoms with Crippen LogP contribution in [-0.4, -0.2) is 18.6 Å². The topological polar surface area (TPSA) is 27.8 Å². The zero-order chi connectivity index (χ0) is 15.5. The van der Waals surface area contributed by atoms with Gasteiger partial charge in [0.2, 0.25) is 0 Å². The van der Waals surface area contributed by atoms with E-state index in [9.17, 15) is 0 Å². The minimum absolute atomic E-state index is 0.279. The van der Waals surface area contributed by atoms with Gasteiger partial charge in [-0.2, -0.15) is 0 Å². The molecule has 0 fully saturated rings. The van der Waals surface area contributed by atoms with Gasteiger partial charge in [-0.1, -0.05) is 41.4 Å². The summed E-state index contributed by atoms with van der Waals surface area (Å²) in [5.74, 6) is 0.279. The zero-order valence-corrected chi connectivity index (χ0v) is 13.9. The molecule has 0 saturated carbocycles. The second-order valence-electron chi connectivity index (χ2n) is 5.40. The highest BCUT2D eigenvalue weighted by atomic mass is 35.5. The molecule has 0 amide bonds. The van der Waals surface area contributed by atoms with Crippen molar-refractivity contribution in [1.82, 2.24) is 10.3 Å². The van der Waals surface area contributed by atoms with Crippen molar-refractivity contribution in [3.8, 4) is 0 Å². The summed E-state index contributed by atoms with van der Waals surface area (Å²) in [7, 11) is 1.97. The highest BCUT2D eigenvalue weighted by molar-refractivity contribution is 6.42. The second-order valence-corrected chi connectivity index (χ2v) is 6.22. The summed E-state index contributed by atoms with van der Waals surface area (Å²) >= 11 is 12.3. The molecule has 0 aliphatic heterocycles. The molecule has 0 saturated heterocycles. The molecular weight excluding hydrogens is 315 g/mol. The molecule has 0 bridgehead atoms. The van der Waals surface area contributed by atoms with Crippen molar-refractivity contribution < 1.29 is 0 Å². The molecule has 0 unspecified atom stereocenters. The van der Waals surface area contributed by atoms with E-state index in [2.05, 4.69) is 40.6 Å². The summed E-state index contributed by atoms with van der Waals surface area (Å²) in [4.78, 5) is 3.28. The largest absolute Gasteiger partial charge is 0.361 e. The number of nitrogens with one attached hydrogen (secondary N) is 2. The number of hydrogen-bond acceptors (Lipinski definition) is 1. The number of hydrogen-bond donors (Lipinski definition) is 2. The average Bonchev–Trinajstić information content (AvgIpc) is 3.00. The lowest BCUT2D eigenvalue weighted by atomic mass is 9.86. The van der Waals surface area contributed by atoms with Gasteiger partial charge in [0.05, 0.1) is 10.0 Å². The first kappa shape index (κ1) is 15.4. The maximum Gasteiger partial charge on any atom is 0.0595 e. The standard InChI is InChI=1S/C18H18Cl2N2/c1-21-9-7-13(12-5-6-16(19)17(20)11-12)14-3-2-4-18-15(14)8-10-22-18/h2-6,8,10-11,13,21-22H,7,9H2,1H3/t13-/m0/s1. The fourth-order valence-electron chi connectivity index (χ4n) is 2.93. The number of rotatable bonds is 5. The van der Waals surface area contributed by atoms with Gasteiger partial charge in [0, 0.05) is 23.0 Å². The molecule has 0 aliphatic rings. The average molecular weight is 333 g/mol. The minimum atomic E-state index is 0.279. The van der Waals surface area contributed by atoms with Gasteiger partial charge in [0.15, 0.2) is 0 Å². The molecule has 1 heterocycles. The van der Waals surface area contributed by atoms with Crippen LogP contribution in [0.2, 0.25) is 10.0 Å². The maximum absolute atomic E-state index is 6.22. The molecule has 2 N–H and O–H groups in total. The summed E-state index contributed by atoms with van der Waals surface area (Å²) < 4.78 is 0. The molecule has 2 aromatic carbocycles. The van der Waals surface area contributed by atoms with E-state index in [1.165, 1.54) is 16.5 Å². The van der Waals surface area contributed by atoms with Crippen molar-refractivity contribution >= 4 is 34.1 Å². The van der Waals surface area contributed by atoms with Crippen molar-refractivity contribution in [3.05, 3.63) is 69.8 Å². The predicted octanol–water partition coefficient (Wildman–Crippen LogP) is 5.22. The Morgan fingerprint density at radius 2 is 1.95 bits per heavy atom. The number of fused-ring (bicyclic) bond motifs is 1. The second kappa shape index (κ2) is 6.74. The summed E-state index contributed by atoms with van der Waals surface area (Å²) in [5, 5.41) is 5.70. The number of halogens is 2. The lowest BCUT2D eigenvalue weighted by molar-refractivity contribution is 0.664. The van der Waals surface area contributed by atoms with Crippen LogP contribution in [0.3, 0.4) is 0 Å². The Bertz CT molecular complexity index is 780. The van der Waals surface area contributed by atoms with Crippen LogP contribution in [0.15, 0.2) is 48.7 Å². The molecule has 2 nitrogen and oxygen atoms in total. The Balaban J connectivity index is 2.09. The third kappa shape index (κ3) is 3.00. The smallest absolute Gasteiger partial charge is 0.0595 e.